The highest BCUT2D eigenvalue weighted by Crippen LogP contribution is 2.74. The lowest BCUT2D eigenvalue weighted by Crippen LogP contribution is -2.44. The van der Waals surface area contributed by atoms with Gasteiger partial charge in [-0.15, -0.1) is 0 Å². The van der Waals surface area contributed by atoms with Gasteiger partial charge in [0.1, 0.15) is 0 Å². The van der Waals surface area contributed by atoms with E-state index in [4.69, 9.17) is 0 Å². The summed E-state index contributed by atoms with van der Waals surface area (Å²) in [5, 5.41) is -3.21. The molecule has 0 atom stereocenters. The highest BCUT2D eigenvalue weighted by Gasteiger charge is 2.66. The van der Waals surface area contributed by atoms with Gasteiger partial charge in [-0.3, -0.25) is 36.5 Å². The summed E-state index contributed by atoms with van der Waals surface area (Å²) in [6.45, 7) is 0. The van der Waals surface area contributed by atoms with E-state index < -0.39 is 120 Å². The fraction of sp³-hybridized carbons (Fsp3) is 1.00. The largest absolute Gasteiger partial charge is 0.359 e. The summed E-state index contributed by atoms with van der Waals surface area (Å²) < 4.78 is 94.7. The Hall–Kier alpha value is 1.12. The average Bonchev–Trinajstić information content (AvgIpc) is 2.66. The molecule has 0 aliphatic rings. The van der Waals surface area contributed by atoms with Crippen molar-refractivity contribution in [3.8, 4) is 0 Å². The van der Waals surface area contributed by atoms with Crippen LogP contribution in [0.5, 0.6) is 0 Å². The van der Waals surface area contributed by atoms with Gasteiger partial charge in [-0.1, -0.05) is 25.7 Å². The smallest absolute Gasteiger partial charge is 0.323 e. The molecule has 34 heteroatoms. The maximum Gasteiger partial charge on any atom is 0.359 e. The molecule has 44 heavy (non-hydrogen) atoms. The standard InChI is InChI=1S/C10H30N2O24P8/c13-37(14,15)7(38(16,17)18)11-9(41(25,26)27,42(28,29)30)5-3-1-2-4-6-10(43(31,32)33,44(34,35)36)12-8(39(19,20)21)40(22,23)24/h7-8H,1-6H2,(H2,13,14,15)(H2,16,17,18)(H2,19,20,21)(H2,22,23,24)(H2,25,26,27)(H2,28,29,30)(H2,31,32,33)(H2,34,35,36). The molecule has 0 saturated heterocycles. The molecule has 0 aliphatic carbocycles. The van der Waals surface area contributed by atoms with Crippen molar-refractivity contribution in [2.24, 2.45) is 0 Å². The highest BCUT2D eigenvalue weighted by molar-refractivity contribution is 7.74. The minimum Gasteiger partial charge on any atom is -0.323 e. The first-order valence-electron chi connectivity index (χ1n) is 10.8. The SMILES string of the molecule is O=P(O)(O)C([N]C(CCCCCCC([N]C(P(=O)(O)O)P(=O)(O)O)(P(=O)(O)O)P(=O)(O)O)(P(=O)(O)O)P(=O)(O)O)P(=O)(O)O. The summed E-state index contributed by atoms with van der Waals surface area (Å²) in [6.07, 6.45) is -6.23. The maximum atomic E-state index is 12.1. The summed E-state index contributed by atoms with van der Waals surface area (Å²) >= 11 is 0. The second kappa shape index (κ2) is 14.5. The average molecular weight is 810 g/mol. The van der Waals surface area contributed by atoms with Crippen LogP contribution in [0.1, 0.15) is 38.5 Å². The Morgan fingerprint density at radius 2 is 0.545 bits per heavy atom. The van der Waals surface area contributed by atoms with Gasteiger partial charge >= 0.3 is 60.8 Å². The van der Waals surface area contributed by atoms with E-state index in [-0.39, 0.29) is 0 Å². The van der Waals surface area contributed by atoms with Crippen LogP contribution in [0.3, 0.4) is 0 Å². The van der Waals surface area contributed by atoms with Crippen LogP contribution in [0.25, 0.3) is 0 Å². The molecule has 0 bridgehead atoms. The van der Waals surface area contributed by atoms with Gasteiger partial charge in [-0.05, 0) is 12.8 Å². The van der Waals surface area contributed by atoms with Crippen molar-refractivity contribution < 1.29 is 115 Å². The Balaban J connectivity index is 6.35. The van der Waals surface area contributed by atoms with E-state index in [1.165, 1.54) is 0 Å². The van der Waals surface area contributed by atoms with Crippen LogP contribution < -0.4 is 10.6 Å². The van der Waals surface area contributed by atoms with Gasteiger partial charge in [0, 0.05) is 0 Å². The van der Waals surface area contributed by atoms with Crippen LogP contribution in [0.4, 0.5) is 0 Å². The number of rotatable bonds is 19. The van der Waals surface area contributed by atoms with E-state index in [2.05, 4.69) is 10.6 Å². The van der Waals surface area contributed by atoms with Crippen LogP contribution in [-0.4, -0.2) is 99.4 Å². The minimum atomic E-state index is -6.38. The molecule has 0 amide bonds. The Labute approximate surface area is 246 Å². The number of hydrogen-bond acceptors (Lipinski definition) is 8. The topological polar surface area (TPSA) is 488 Å². The van der Waals surface area contributed by atoms with E-state index in [0.717, 1.165) is 0 Å². The third-order valence-corrected chi connectivity index (χ3v) is 20.2. The summed E-state index contributed by atoms with van der Waals surface area (Å²) in [4.78, 5) is 151. The lowest BCUT2D eigenvalue weighted by molar-refractivity contribution is 0.255. The molecule has 2 radical (unpaired) electrons. The summed E-state index contributed by atoms with van der Waals surface area (Å²) in [5.41, 5.74) is -7.33. The van der Waals surface area contributed by atoms with E-state index >= 15 is 0 Å². The van der Waals surface area contributed by atoms with Crippen molar-refractivity contribution in [1.29, 1.82) is 0 Å². The minimum absolute atomic E-state index is 0.632. The maximum absolute atomic E-state index is 12.1. The Bertz CT molecular complexity index is 1200. The Kier molecular flexibility index (Phi) is 14.9. The van der Waals surface area contributed by atoms with E-state index in [1.807, 2.05) is 0 Å². The van der Waals surface area contributed by atoms with Gasteiger partial charge in [0.05, 0.1) is 0 Å². The predicted octanol–water partition coefficient (Wildman–Crippen LogP) is -2.17. The molecule has 0 unspecified atom stereocenters. The first-order valence-corrected chi connectivity index (χ1v) is 23.9. The molecule has 0 aromatic heterocycles. The molecule has 0 saturated carbocycles. The van der Waals surface area contributed by atoms with E-state index in [9.17, 15) is 115 Å². The van der Waals surface area contributed by atoms with E-state index in [0.29, 0.717) is 0 Å². The summed E-state index contributed by atoms with van der Waals surface area (Å²) in [7, 11) is -50.1. The summed E-state index contributed by atoms with van der Waals surface area (Å²) in [6, 6.07) is 0. The molecular weight excluding hydrogens is 780 g/mol. The lowest BCUT2D eigenvalue weighted by atomic mass is 10.1. The molecular formula is C10H30N2O24P8. The Morgan fingerprint density at radius 1 is 0.364 bits per heavy atom. The monoisotopic (exact) mass is 810 g/mol. The first-order chi connectivity index (χ1) is 18.9. The van der Waals surface area contributed by atoms with Crippen LogP contribution in [0, 0.1) is 0 Å². The van der Waals surface area contributed by atoms with Crippen molar-refractivity contribution in [1.82, 2.24) is 10.6 Å². The molecule has 264 valence electrons. The van der Waals surface area contributed by atoms with Crippen LogP contribution in [0.2, 0.25) is 0 Å². The van der Waals surface area contributed by atoms with Crippen LogP contribution in [-0.2, 0) is 36.5 Å². The van der Waals surface area contributed by atoms with Crippen LogP contribution in [0.15, 0.2) is 0 Å². The fourth-order valence-electron chi connectivity index (χ4n) is 3.49. The normalized spacial score (nSPS) is 15.8. The molecule has 0 fully saturated rings. The van der Waals surface area contributed by atoms with Crippen molar-refractivity contribution in [3.63, 3.8) is 0 Å². The molecule has 0 aromatic carbocycles. The molecule has 0 rings (SSSR count). The van der Waals surface area contributed by atoms with Crippen molar-refractivity contribution in [2.75, 3.05) is 0 Å². The first kappa shape index (κ1) is 45.1. The molecule has 0 aliphatic heterocycles. The van der Waals surface area contributed by atoms with Crippen molar-refractivity contribution in [2.45, 2.75) is 59.6 Å². The van der Waals surface area contributed by atoms with Crippen LogP contribution >= 0.6 is 60.8 Å². The second-order valence-corrected chi connectivity index (χ2v) is 24.4. The van der Waals surface area contributed by atoms with Gasteiger partial charge in [0.25, 0.3) is 0 Å². The van der Waals surface area contributed by atoms with E-state index in [1.54, 1.807) is 0 Å². The van der Waals surface area contributed by atoms with Gasteiger partial charge in [0.15, 0.2) is 0 Å². The number of nitrogens with zero attached hydrogens (tertiary/aromatic N) is 2. The van der Waals surface area contributed by atoms with Crippen molar-refractivity contribution >= 4 is 60.8 Å². The lowest BCUT2D eigenvalue weighted by Gasteiger charge is -2.37. The molecule has 0 heterocycles. The number of unbranched alkanes of at least 4 members (excludes halogenated alkanes) is 3. The molecule has 26 nitrogen and oxygen atoms in total. The zero-order valence-corrected chi connectivity index (χ0v) is 28.4. The fourth-order valence-corrected chi connectivity index (χ4v) is 14.3. The molecule has 0 aromatic rings. The van der Waals surface area contributed by atoms with Gasteiger partial charge in [-0.25, -0.2) is 0 Å². The second-order valence-electron chi connectivity index (χ2n) is 8.95. The molecule has 0 spiro atoms. The third-order valence-electron chi connectivity index (χ3n) is 5.49. The molecule has 16 N–H and O–H groups in total. The zero-order valence-electron chi connectivity index (χ0n) is 21.3. The van der Waals surface area contributed by atoms with Gasteiger partial charge in [0.2, 0.25) is 21.1 Å². The summed E-state index contributed by atoms with van der Waals surface area (Å²) in [5.74, 6) is 0. The van der Waals surface area contributed by atoms with Gasteiger partial charge < -0.3 is 78.3 Å². The third kappa shape index (κ3) is 11.3. The Morgan fingerprint density at radius 3 is 0.682 bits per heavy atom. The quantitative estimate of drug-likeness (QED) is 0.0487. The highest BCUT2D eigenvalue weighted by atomic mass is 31.3. The number of hydrogen-bond donors (Lipinski definition) is 16. The predicted molar refractivity (Wildman–Crippen MR) is 141 cm³/mol. The van der Waals surface area contributed by atoms with Crippen molar-refractivity contribution in [3.05, 3.63) is 0 Å². The van der Waals surface area contributed by atoms with Gasteiger partial charge in [-0.2, -0.15) is 10.6 Å². The zero-order chi connectivity index (χ0) is 35.8.